The molecule has 28 heavy (non-hydrogen) atoms. The third-order valence-electron chi connectivity index (χ3n) is 4.42. The van der Waals surface area contributed by atoms with Crippen molar-refractivity contribution in [3.63, 3.8) is 0 Å². The fraction of sp³-hybridized carbons (Fsp3) is 0.250. The number of pyridine rings is 1. The van der Waals surface area contributed by atoms with Gasteiger partial charge in [-0.15, -0.1) is 24.8 Å². The molecule has 3 aromatic rings. The second-order valence-corrected chi connectivity index (χ2v) is 6.24. The summed E-state index contributed by atoms with van der Waals surface area (Å²) in [7, 11) is 0. The fourth-order valence-corrected chi connectivity index (χ4v) is 3.09. The average molecular weight is 420 g/mol. The molecule has 148 valence electrons. The largest absolute Gasteiger partial charge is 0.437 e. The van der Waals surface area contributed by atoms with Gasteiger partial charge >= 0.3 is 0 Å². The van der Waals surface area contributed by atoms with Gasteiger partial charge in [-0.3, -0.25) is 4.98 Å². The number of hydrogen-bond acceptors (Lipinski definition) is 6. The summed E-state index contributed by atoms with van der Waals surface area (Å²) in [6, 6.07) is 13.5. The van der Waals surface area contributed by atoms with Gasteiger partial charge in [-0.25, -0.2) is 9.97 Å². The topological polar surface area (TPSA) is 72.0 Å². The Morgan fingerprint density at radius 2 is 1.61 bits per heavy atom. The lowest BCUT2D eigenvalue weighted by Gasteiger charge is -2.23. The molecule has 0 unspecified atom stereocenters. The van der Waals surface area contributed by atoms with Gasteiger partial charge in [0.1, 0.15) is 17.3 Å². The monoisotopic (exact) mass is 419 g/mol. The molecular formula is C20H23Cl2N5O. The van der Waals surface area contributed by atoms with Crippen molar-refractivity contribution in [2.45, 2.75) is 18.8 Å². The zero-order valence-corrected chi connectivity index (χ0v) is 16.9. The van der Waals surface area contributed by atoms with Gasteiger partial charge in [0.15, 0.2) is 0 Å². The SMILES string of the molecule is Cl.Cl.c1ccc(Nc2ccc(Oc3nccnc3C3CCNCC3)cc2)nc1. The molecule has 2 aromatic heterocycles. The van der Waals surface area contributed by atoms with Crippen molar-refractivity contribution in [2.75, 3.05) is 18.4 Å². The molecule has 3 heterocycles. The molecule has 6 nitrogen and oxygen atoms in total. The van der Waals surface area contributed by atoms with E-state index in [0.717, 1.165) is 48.9 Å². The van der Waals surface area contributed by atoms with Crippen molar-refractivity contribution >= 4 is 36.3 Å². The molecule has 1 aromatic carbocycles. The highest BCUT2D eigenvalue weighted by atomic mass is 35.5. The van der Waals surface area contributed by atoms with Crippen molar-refractivity contribution < 1.29 is 4.74 Å². The van der Waals surface area contributed by atoms with E-state index in [2.05, 4.69) is 25.6 Å². The fourth-order valence-electron chi connectivity index (χ4n) is 3.09. The molecule has 1 aliphatic heterocycles. The van der Waals surface area contributed by atoms with E-state index >= 15 is 0 Å². The Hall–Kier alpha value is -2.41. The molecule has 0 radical (unpaired) electrons. The quantitative estimate of drug-likeness (QED) is 0.623. The summed E-state index contributed by atoms with van der Waals surface area (Å²) < 4.78 is 6.03. The van der Waals surface area contributed by atoms with Gasteiger partial charge in [-0.1, -0.05) is 6.07 Å². The Balaban J connectivity index is 0.00000140. The van der Waals surface area contributed by atoms with Crippen LogP contribution in [0, 0.1) is 0 Å². The molecule has 4 rings (SSSR count). The second kappa shape index (κ2) is 10.8. The Morgan fingerprint density at radius 1 is 0.857 bits per heavy atom. The van der Waals surface area contributed by atoms with Crippen molar-refractivity contribution in [1.29, 1.82) is 0 Å². The molecule has 8 heteroatoms. The van der Waals surface area contributed by atoms with Crippen LogP contribution >= 0.6 is 24.8 Å². The van der Waals surface area contributed by atoms with Crippen molar-refractivity contribution in [3.05, 3.63) is 66.7 Å². The molecular weight excluding hydrogens is 397 g/mol. The summed E-state index contributed by atoms with van der Waals surface area (Å²) in [5.74, 6) is 2.55. The minimum atomic E-state index is 0. The predicted molar refractivity (Wildman–Crippen MR) is 115 cm³/mol. The normalized spacial score (nSPS) is 13.7. The van der Waals surface area contributed by atoms with Crippen LogP contribution in [-0.4, -0.2) is 28.0 Å². The average Bonchev–Trinajstić information content (AvgIpc) is 2.71. The first-order chi connectivity index (χ1) is 12.9. The zero-order chi connectivity index (χ0) is 17.6. The van der Waals surface area contributed by atoms with Crippen LogP contribution in [0.15, 0.2) is 61.1 Å². The molecule has 1 fully saturated rings. The number of halogens is 2. The number of piperidine rings is 1. The first kappa shape index (κ1) is 21.9. The maximum atomic E-state index is 6.03. The van der Waals surface area contributed by atoms with E-state index in [4.69, 9.17) is 4.74 Å². The van der Waals surface area contributed by atoms with E-state index in [9.17, 15) is 0 Å². The number of rotatable bonds is 5. The summed E-state index contributed by atoms with van der Waals surface area (Å²) in [5.41, 5.74) is 1.90. The van der Waals surface area contributed by atoms with Crippen molar-refractivity contribution in [2.24, 2.45) is 0 Å². The van der Waals surface area contributed by atoms with Gasteiger partial charge in [-0.05, 0) is 62.3 Å². The van der Waals surface area contributed by atoms with Crippen LogP contribution in [0.2, 0.25) is 0 Å². The number of ether oxygens (including phenoxy) is 1. The van der Waals surface area contributed by atoms with Gasteiger partial charge in [-0.2, -0.15) is 0 Å². The van der Waals surface area contributed by atoms with Crippen LogP contribution in [0.3, 0.4) is 0 Å². The number of hydrogen-bond donors (Lipinski definition) is 2. The molecule has 0 bridgehead atoms. The standard InChI is InChI=1S/C20H21N5O.2ClH/c1-2-10-22-18(3-1)25-16-4-6-17(7-5-16)26-20-19(23-13-14-24-20)15-8-11-21-12-9-15;;/h1-7,10,13-15,21H,8-9,11-12H2,(H,22,25);2*1H. The highest BCUT2D eigenvalue weighted by Gasteiger charge is 2.21. The number of aromatic nitrogens is 3. The van der Waals surface area contributed by atoms with Gasteiger partial charge in [0.05, 0.1) is 0 Å². The molecule has 0 atom stereocenters. The van der Waals surface area contributed by atoms with Gasteiger partial charge in [0, 0.05) is 30.2 Å². The third kappa shape index (κ3) is 5.55. The van der Waals surface area contributed by atoms with E-state index in [0.29, 0.717) is 11.8 Å². The lowest BCUT2D eigenvalue weighted by molar-refractivity contribution is 0.410. The summed E-state index contributed by atoms with van der Waals surface area (Å²) in [6.07, 6.45) is 7.29. The molecule has 0 spiro atoms. The maximum Gasteiger partial charge on any atom is 0.241 e. The molecule has 0 amide bonds. The Labute approximate surface area is 177 Å². The summed E-state index contributed by atoms with van der Waals surface area (Å²) >= 11 is 0. The molecule has 0 saturated carbocycles. The Kier molecular flexibility index (Phi) is 8.44. The highest BCUT2D eigenvalue weighted by molar-refractivity contribution is 5.85. The van der Waals surface area contributed by atoms with Crippen LogP contribution < -0.4 is 15.4 Å². The third-order valence-corrected chi connectivity index (χ3v) is 4.42. The molecule has 1 saturated heterocycles. The Morgan fingerprint density at radius 3 is 2.32 bits per heavy atom. The highest BCUT2D eigenvalue weighted by Crippen LogP contribution is 2.32. The number of nitrogens with one attached hydrogen (secondary N) is 2. The molecule has 1 aliphatic rings. The van der Waals surface area contributed by atoms with Gasteiger partial charge < -0.3 is 15.4 Å². The lowest BCUT2D eigenvalue weighted by Crippen LogP contribution is -2.27. The van der Waals surface area contributed by atoms with Crippen LogP contribution in [0.4, 0.5) is 11.5 Å². The minimum absolute atomic E-state index is 0. The van der Waals surface area contributed by atoms with Crippen LogP contribution in [-0.2, 0) is 0 Å². The maximum absolute atomic E-state index is 6.03. The van der Waals surface area contributed by atoms with Crippen LogP contribution in [0.1, 0.15) is 24.5 Å². The van der Waals surface area contributed by atoms with Crippen molar-refractivity contribution in [3.8, 4) is 11.6 Å². The molecule has 0 aliphatic carbocycles. The minimum Gasteiger partial charge on any atom is -0.437 e. The van der Waals surface area contributed by atoms with Crippen LogP contribution in [0.5, 0.6) is 11.6 Å². The van der Waals surface area contributed by atoms with Crippen molar-refractivity contribution in [1.82, 2.24) is 20.3 Å². The van der Waals surface area contributed by atoms with E-state index in [1.807, 2.05) is 42.5 Å². The Bertz CT molecular complexity index is 843. The first-order valence-electron chi connectivity index (χ1n) is 8.86. The van der Waals surface area contributed by atoms with E-state index in [1.165, 1.54) is 0 Å². The summed E-state index contributed by atoms with van der Waals surface area (Å²) in [6.45, 7) is 2.02. The first-order valence-corrected chi connectivity index (χ1v) is 8.86. The van der Waals surface area contributed by atoms with E-state index < -0.39 is 0 Å². The summed E-state index contributed by atoms with van der Waals surface area (Å²) in [4.78, 5) is 13.2. The van der Waals surface area contributed by atoms with E-state index in [-0.39, 0.29) is 24.8 Å². The number of benzene rings is 1. The second-order valence-electron chi connectivity index (χ2n) is 6.24. The summed E-state index contributed by atoms with van der Waals surface area (Å²) in [5, 5.41) is 6.64. The smallest absolute Gasteiger partial charge is 0.241 e. The lowest BCUT2D eigenvalue weighted by atomic mass is 9.94. The zero-order valence-electron chi connectivity index (χ0n) is 15.2. The van der Waals surface area contributed by atoms with Gasteiger partial charge in [0.2, 0.25) is 5.88 Å². The van der Waals surface area contributed by atoms with E-state index in [1.54, 1.807) is 18.6 Å². The van der Waals surface area contributed by atoms with Crippen LogP contribution in [0.25, 0.3) is 0 Å². The molecule has 2 N–H and O–H groups in total. The number of anilines is 2. The number of nitrogens with zero attached hydrogens (tertiary/aromatic N) is 3. The predicted octanol–water partition coefficient (Wildman–Crippen LogP) is 4.72. The van der Waals surface area contributed by atoms with Gasteiger partial charge in [0.25, 0.3) is 0 Å².